The van der Waals surface area contributed by atoms with Crippen molar-refractivity contribution in [3.63, 3.8) is 0 Å². The number of aliphatic hydroxyl groups is 3. The standard InChI is InChI=1S/C18H17ClF3N5O4/c19-17-25-14(23-5-8-2-1-3-9(4-8)18(20,21)22)11-15(26-17)27(7-24-11)16-13(30)12(29)10(6-28)31-16/h1-4,7,10,12-13,16,28-30H,5-6H2,(H,23,25,26)/t10-,12+,13?,16-/m1/s1. The first kappa shape index (κ1) is 21.7. The van der Waals surface area contributed by atoms with Crippen LogP contribution in [-0.2, 0) is 17.5 Å². The highest BCUT2D eigenvalue weighted by atomic mass is 35.5. The van der Waals surface area contributed by atoms with Gasteiger partial charge in [0.25, 0.3) is 0 Å². The molecule has 1 fully saturated rings. The topological polar surface area (TPSA) is 126 Å². The van der Waals surface area contributed by atoms with E-state index in [-0.39, 0.29) is 28.8 Å². The molecule has 4 N–H and O–H groups in total. The van der Waals surface area contributed by atoms with E-state index in [1.165, 1.54) is 23.0 Å². The van der Waals surface area contributed by atoms with E-state index in [1.807, 2.05) is 0 Å². The van der Waals surface area contributed by atoms with Crippen molar-refractivity contribution in [3.05, 3.63) is 47.0 Å². The molecule has 0 saturated carbocycles. The average molecular weight is 460 g/mol. The van der Waals surface area contributed by atoms with Gasteiger partial charge in [-0.25, -0.2) is 4.98 Å². The summed E-state index contributed by atoms with van der Waals surface area (Å²) in [4.78, 5) is 12.3. The van der Waals surface area contributed by atoms with Crippen LogP contribution in [0.25, 0.3) is 11.2 Å². The second kappa shape index (κ2) is 8.20. The third kappa shape index (κ3) is 4.16. The molecule has 13 heteroatoms. The van der Waals surface area contributed by atoms with Gasteiger partial charge in [-0.3, -0.25) is 4.57 Å². The Kier molecular flexibility index (Phi) is 5.75. The van der Waals surface area contributed by atoms with Crippen LogP contribution in [0.15, 0.2) is 30.6 Å². The van der Waals surface area contributed by atoms with Crippen molar-refractivity contribution in [2.45, 2.75) is 37.3 Å². The molecule has 1 aliphatic rings. The summed E-state index contributed by atoms with van der Waals surface area (Å²) in [6, 6.07) is 4.83. The molecule has 9 nitrogen and oxygen atoms in total. The summed E-state index contributed by atoms with van der Waals surface area (Å²) in [5.74, 6) is 0.165. The van der Waals surface area contributed by atoms with Crippen LogP contribution in [0.4, 0.5) is 19.0 Å². The molecule has 0 spiro atoms. The molecule has 1 aliphatic heterocycles. The van der Waals surface area contributed by atoms with Gasteiger partial charge >= 0.3 is 6.18 Å². The summed E-state index contributed by atoms with van der Waals surface area (Å²) in [7, 11) is 0. The number of ether oxygens (including phenoxy) is 1. The van der Waals surface area contributed by atoms with Crippen LogP contribution in [0.3, 0.4) is 0 Å². The predicted molar refractivity (Wildman–Crippen MR) is 102 cm³/mol. The van der Waals surface area contributed by atoms with Crippen molar-refractivity contribution in [2.75, 3.05) is 11.9 Å². The number of hydrogen-bond donors (Lipinski definition) is 4. The van der Waals surface area contributed by atoms with Crippen LogP contribution in [0, 0.1) is 0 Å². The van der Waals surface area contributed by atoms with Crippen molar-refractivity contribution in [3.8, 4) is 0 Å². The Bertz CT molecular complexity index is 1100. The van der Waals surface area contributed by atoms with Crippen molar-refractivity contribution >= 4 is 28.6 Å². The average Bonchev–Trinajstić information content (AvgIpc) is 3.26. The second-order valence-electron chi connectivity index (χ2n) is 6.95. The quantitative estimate of drug-likeness (QED) is 0.425. The van der Waals surface area contributed by atoms with Gasteiger partial charge in [-0.2, -0.15) is 23.1 Å². The van der Waals surface area contributed by atoms with Gasteiger partial charge in [0.05, 0.1) is 18.5 Å². The summed E-state index contributed by atoms with van der Waals surface area (Å²) in [5.41, 5.74) is -0.0117. The summed E-state index contributed by atoms with van der Waals surface area (Å²) in [6.45, 7) is -0.492. The molecule has 2 aromatic heterocycles. The molecule has 3 aromatic rings. The molecule has 166 valence electrons. The van der Waals surface area contributed by atoms with E-state index in [2.05, 4.69) is 20.3 Å². The van der Waals surface area contributed by atoms with E-state index in [0.717, 1.165) is 12.1 Å². The molecule has 31 heavy (non-hydrogen) atoms. The number of halogens is 4. The number of benzene rings is 1. The molecule has 1 saturated heterocycles. The minimum Gasteiger partial charge on any atom is -0.394 e. The van der Waals surface area contributed by atoms with Gasteiger partial charge in [-0.1, -0.05) is 12.1 Å². The Hall–Kier alpha value is -2.51. The number of fused-ring (bicyclic) bond motifs is 1. The zero-order chi connectivity index (χ0) is 22.3. The molecule has 0 radical (unpaired) electrons. The Labute approximate surface area is 178 Å². The van der Waals surface area contributed by atoms with Gasteiger partial charge in [-0.05, 0) is 29.3 Å². The van der Waals surface area contributed by atoms with E-state index in [1.54, 1.807) is 0 Å². The first-order chi connectivity index (χ1) is 14.7. The highest BCUT2D eigenvalue weighted by Gasteiger charge is 2.44. The fourth-order valence-electron chi connectivity index (χ4n) is 3.35. The first-order valence-electron chi connectivity index (χ1n) is 9.11. The predicted octanol–water partition coefficient (Wildman–Crippen LogP) is 1.72. The molecule has 0 amide bonds. The first-order valence-corrected chi connectivity index (χ1v) is 9.49. The van der Waals surface area contributed by atoms with Crippen LogP contribution in [-0.4, -0.2) is 59.8 Å². The minimum absolute atomic E-state index is 0.00702. The Morgan fingerprint density at radius 1 is 1.19 bits per heavy atom. The Morgan fingerprint density at radius 2 is 1.97 bits per heavy atom. The summed E-state index contributed by atoms with van der Waals surface area (Å²) in [6.07, 6.45) is -7.91. The zero-order valence-electron chi connectivity index (χ0n) is 15.7. The van der Waals surface area contributed by atoms with E-state index in [4.69, 9.17) is 16.3 Å². The number of aliphatic hydroxyl groups excluding tert-OH is 3. The normalized spacial score (nSPS) is 24.1. The van der Waals surface area contributed by atoms with Crippen LogP contribution in [0.2, 0.25) is 5.28 Å². The lowest BCUT2D eigenvalue weighted by Gasteiger charge is -2.16. The fraction of sp³-hybridized carbons (Fsp3) is 0.389. The summed E-state index contributed by atoms with van der Waals surface area (Å²) < 4.78 is 45.6. The number of nitrogens with zero attached hydrogens (tertiary/aromatic N) is 4. The van der Waals surface area contributed by atoms with E-state index >= 15 is 0 Å². The lowest BCUT2D eigenvalue weighted by Crippen LogP contribution is -2.33. The molecule has 0 aliphatic carbocycles. The minimum atomic E-state index is -4.46. The maximum absolute atomic E-state index is 12.9. The fourth-order valence-corrected chi connectivity index (χ4v) is 3.52. The lowest BCUT2D eigenvalue weighted by molar-refractivity contribution is -0.137. The molecule has 3 heterocycles. The number of alkyl halides is 3. The number of nitrogens with one attached hydrogen (secondary N) is 1. The van der Waals surface area contributed by atoms with E-state index in [0.29, 0.717) is 5.56 Å². The third-order valence-electron chi connectivity index (χ3n) is 4.90. The van der Waals surface area contributed by atoms with Crippen LogP contribution in [0.5, 0.6) is 0 Å². The van der Waals surface area contributed by atoms with Crippen LogP contribution >= 0.6 is 11.6 Å². The highest BCUT2D eigenvalue weighted by Crippen LogP contribution is 2.33. The van der Waals surface area contributed by atoms with Gasteiger partial charge in [0.15, 0.2) is 23.2 Å². The van der Waals surface area contributed by atoms with Gasteiger partial charge in [0.2, 0.25) is 5.28 Å². The van der Waals surface area contributed by atoms with E-state index in [9.17, 15) is 28.5 Å². The summed E-state index contributed by atoms with van der Waals surface area (Å²) in [5, 5.41) is 32.2. The van der Waals surface area contributed by atoms with Crippen molar-refractivity contribution < 1.29 is 33.2 Å². The largest absolute Gasteiger partial charge is 0.416 e. The van der Waals surface area contributed by atoms with E-state index < -0.39 is 42.9 Å². The molecule has 4 rings (SSSR count). The molecule has 1 aromatic carbocycles. The molecule has 1 unspecified atom stereocenters. The molecular formula is C18H17ClF3N5O4. The lowest BCUT2D eigenvalue weighted by atomic mass is 10.1. The number of aromatic nitrogens is 4. The van der Waals surface area contributed by atoms with Gasteiger partial charge < -0.3 is 25.4 Å². The SMILES string of the molecule is OC[C@H]1O[C@@H](n2cnc3c(NCc4cccc(C(F)(F)F)c4)nc(Cl)nc32)C(O)[C@H]1O. The maximum Gasteiger partial charge on any atom is 0.416 e. The molecule has 4 atom stereocenters. The Balaban J connectivity index is 1.62. The third-order valence-corrected chi connectivity index (χ3v) is 5.07. The second-order valence-corrected chi connectivity index (χ2v) is 7.28. The zero-order valence-corrected chi connectivity index (χ0v) is 16.4. The van der Waals surface area contributed by atoms with Crippen molar-refractivity contribution in [1.29, 1.82) is 0 Å². The maximum atomic E-state index is 12.9. The van der Waals surface area contributed by atoms with Crippen LogP contribution in [0.1, 0.15) is 17.4 Å². The van der Waals surface area contributed by atoms with Gasteiger partial charge in [0, 0.05) is 6.54 Å². The van der Waals surface area contributed by atoms with Crippen molar-refractivity contribution in [2.24, 2.45) is 0 Å². The Morgan fingerprint density at radius 3 is 2.65 bits per heavy atom. The highest BCUT2D eigenvalue weighted by molar-refractivity contribution is 6.28. The van der Waals surface area contributed by atoms with Gasteiger partial charge in [-0.15, -0.1) is 0 Å². The number of anilines is 1. The molecule has 0 bridgehead atoms. The molecular weight excluding hydrogens is 443 g/mol. The number of hydrogen-bond acceptors (Lipinski definition) is 8. The van der Waals surface area contributed by atoms with Crippen LogP contribution < -0.4 is 5.32 Å². The number of imidazole rings is 1. The monoisotopic (exact) mass is 459 g/mol. The number of rotatable bonds is 5. The van der Waals surface area contributed by atoms with Gasteiger partial charge in [0.1, 0.15) is 18.3 Å². The van der Waals surface area contributed by atoms with Crippen molar-refractivity contribution in [1.82, 2.24) is 19.5 Å². The smallest absolute Gasteiger partial charge is 0.394 e. The summed E-state index contributed by atoms with van der Waals surface area (Å²) >= 11 is 6.00.